The van der Waals surface area contributed by atoms with Crippen LogP contribution in [0.2, 0.25) is 0 Å². The molecule has 3 rings (SSSR count). The predicted octanol–water partition coefficient (Wildman–Crippen LogP) is 1.68. The number of methoxy groups -OCH3 is 1. The lowest BCUT2D eigenvalue weighted by atomic mass is 9.97. The molecule has 2 aliphatic rings. The van der Waals surface area contributed by atoms with Crippen molar-refractivity contribution in [3.63, 3.8) is 0 Å². The Morgan fingerprint density at radius 1 is 1.32 bits per heavy atom. The second kappa shape index (κ2) is 5.95. The quantitative estimate of drug-likeness (QED) is 0.430. The molecule has 138 valence electrons. The van der Waals surface area contributed by atoms with Crippen LogP contribution in [0.15, 0.2) is 6.07 Å². The second-order valence-corrected chi connectivity index (χ2v) is 6.64. The molecule has 0 saturated carbocycles. The number of hydrogen-bond donors (Lipinski definition) is 0. The third-order valence-electron chi connectivity index (χ3n) is 3.72. The van der Waals surface area contributed by atoms with Crippen LogP contribution in [-0.2, 0) is 19.6 Å². The van der Waals surface area contributed by atoms with Gasteiger partial charge in [0.1, 0.15) is 5.75 Å². The molecule has 1 fully saturated rings. The van der Waals surface area contributed by atoms with Crippen molar-refractivity contribution in [3.8, 4) is 23.0 Å². The Kier molecular flexibility index (Phi) is 4.19. The molecule has 0 N–H and O–H groups in total. The van der Waals surface area contributed by atoms with Gasteiger partial charge in [0.2, 0.25) is 12.0 Å². The van der Waals surface area contributed by atoms with E-state index in [4.69, 9.17) is 18.9 Å². The average Bonchev–Trinajstić information content (AvgIpc) is 3.08. The largest absolute Gasteiger partial charge is 0.534 e. The zero-order chi connectivity index (χ0) is 18.4. The Labute approximate surface area is 139 Å². The molecule has 25 heavy (non-hydrogen) atoms. The van der Waals surface area contributed by atoms with Crippen LogP contribution in [0.4, 0.5) is 13.2 Å². The van der Waals surface area contributed by atoms with E-state index in [1.54, 1.807) is 0 Å². The monoisotopic (exact) mass is 384 g/mol. The first-order chi connectivity index (χ1) is 11.7. The predicted molar refractivity (Wildman–Crippen MR) is 73.0 cm³/mol. The fourth-order valence-corrected chi connectivity index (χ4v) is 3.17. The number of carbonyl (C=O) groups is 1. The number of alkyl halides is 3. The highest BCUT2D eigenvalue weighted by Gasteiger charge is 2.51. The molecule has 2 atom stereocenters. The first-order valence-electron chi connectivity index (χ1n) is 6.83. The maximum absolute atomic E-state index is 12.7. The molecule has 8 nitrogen and oxygen atoms in total. The molecule has 2 heterocycles. The first kappa shape index (κ1) is 17.6. The van der Waals surface area contributed by atoms with E-state index in [2.05, 4.69) is 4.18 Å². The molecule has 0 aromatic heterocycles. The standard InChI is InChI=1S/C13H11F3O8S/c1-20-8-4-7-9(6-2-3-21-12(6)23-7)11(22-5-17)10(8)24-25(18,19)13(14,15)16/h4-6,12H,2-3H2,1H3/t6-,12+/m1/s1. The summed E-state index contributed by atoms with van der Waals surface area (Å²) in [6, 6.07) is 1.15. The minimum absolute atomic E-state index is 0.0642. The first-order valence-corrected chi connectivity index (χ1v) is 8.24. The number of halogens is 3. The molecule has 1 aromatic rings. The van der Waals surface area contributed by atoms with Crippen LogP contribution in [0.1, 0.15) is 17.9 Å². The lowest BCUT2D eigenvalue weighted by Gasteiger charge is -2.17. The van der Waals surface area contributed by atoms with Gasteiger partial charge in [-0.15, -0.1) is 0 Å². The minimum atomic E-state index is -6.01. The van der Waals surface area contributed by atoms with Gasteiger partial charge in [-0.3, -0.25) is 4.79 Å². The second-order valence-electron chi connectivity index (χ2n) is 5.10. The van der Waals surface area contributed by atoms with Gasteiger partial charge in [0.05, 0.1) is 25.2 Å². The molecule has 0 aliphatic carbocycles. The van der Waals surface area contributed by atoms with E-state index < -0.39 is 45.1 Å². The van der Waals surface area contributed by atoms with E-state index in [-0.39, 0.29) is 17.8 Å². The van der Waals surface area contributed by atoms with E-state index >= 15 is 0 Å². The highest BCUT2D eigenvalue weighted by Crippen LogP contribution is 2.55. The van der Waals surface area contributed by atoms with Gasteiger partial charge in [0.25, 0.3) is 6.47 Å². The van der Waals surface area contributed by atoms with Gasteiger partial charge in [-0.05, 0) is 6.42 Å². The van der Waals surface area contributed by atoms with Crippen molar-refractivity contribution in [2.45, 2.75) is 24.1 Å². The molecule has 0 bridgehead atoms. The van der Waals surface area contributed by atoms with Crippen LogP contribution in [-0.4, -0.2) is 40.4 Å². The number of ether oxygens (including phenoxy) is 4. The number of fused-ring (bicyclic) bond motifs is 3. The van der Waals surface area contributed by atoms with Gasteiger partial charge < -0.3 is 23.1 Å². The molecule has 1 aromatic carbocycles. The summed E-state index contributed by atoms with van der Waals surface area (Å²) in [6.07, 6.45) is -0.284. The fourth-order valence-electron chi connectivity index (χ4n) is 2.69. The van der Waals surface area contributed by atoms with E-state index in [9.17, 15) is 26.4 Å². The highest BCUT2D eigenvalue weighted by atomic mass is 32.2. The molecule has 0 spiro atoms. The fraction of sp³-hybridized carbons (Fsp3) is 0.462. The lowest BCUT2D eigenvalue weighted by Crippen LogP contribution is -2.28. The lowest BCUT2D eigenvalue weighted by molar-refractivity contribution is -0.120. The van der Waals surface area contributed by atoms with Gasteiger partial charge >= 0.3 is 15.6 Å². The number of carbonyl (C=O) groups excluding carboxylic acids is 1. The Morgan fingerprint density at radius 3 is 2.64 bits per heavy atom. The molecule has 12 heteroatoms. The maximum Gasteiger partial charge on any atom is 0.534 e. The SMILES string of the molecule is COc1cc2c(c(OC=O)c1OS(=O)(=O)C(F)(F)F)[C@H]1CCO[C@H]1O2. The van der Waals surface area contributed by atoms with Gasteiger partial charge in [-0.25, -0.2) is 0 Å². The van der Waals surface area contributed by atoms with Crippen molar-refractivity contribution in [1.82, 2.24) is 0 Å². The summed E-state index contributed by atoms with van der Waals surface area (Å²) >= 11 is 0. The third-order valence-corrected chi connectivity index (χ3v) is 4.67. The van der Waals surface area contributed by atoms with Crippen molar-refractivity contribution >= 4 is 16.6 Å². The van der Waals surface area contributed by atoms with Gasteiger partial charge in [0, 0.05) is 6.07 Å². The van der Waals surface area contributed by atoms with Crippen LogP contribution in [0.3, 0.4) is 0 Å². The maximum atomic E-state index is 12.7. The smallest absolute Gasteiger partial charge is 0.493 e. The third kappa shape index (κ3) is 2.84. The van der Waals surface area contributed by atoms with E-state index in [0.29, 0.717) is 13.0 Å². The van der Waals surface area contributed by atoms with Gasteiger partial charge in [-0.1, -0.05) is 0 Å². The number of benzene rings is 1. The Hall–Kier alpha value is -2.21. The van der Waals surface area contributed by atoms with Crippen LogP contribution in [0.25, 0.3) is 0 Å². The molecule has 0 unspecified atom stereocenters. The van der Waals surface area contributed by atoms with Crippen LogP contribution in [0.5, 0.6) is 23.0 Å². The molecule has 2 aliphatic heterocycles. The van der Waals surface area contributed by atoms with Gasteiger partial charge in [0.15, 0.2) is 11.5 Å². The Bertz CT molecular complexity index is 804. The Balaban J connectivity index is 2.17. The summed E-state index contributed by atoms with van der Waals surface area (Å²) in [7, 11) is -4.94. The number of rotatable bonds is 5. The van der Waals surface area contributed by atoms with Crippen molar-refractivity contribution in [3.05, 3.63) is 11.6 Å². The van der Waals surface area contributed by atoms with E-state index in [1.165, 1.54) is 0 Å². The van der Waals surface area contributed by atoms with Crippen LogP contribution < -0.4 is 18.4 Å². The molecule has 1 saturated heterocycles. The summed E-state index contributed by atoms with van der Waals surface area (Å²) in [5.74, 6) is -2.13. The summed E-state index contributed by atoms with van der Waals surface area (Å²) in [5.41, 5.74) is -5.49. The minimum Gasteiger partial charge on any atom is -0.493 e. The van der Waals surface area contributed by atoms with E-state index in [1.807, 2.05) is 0 Å². The summed E-state index contributed by atoms with van der Waals surface area (Å²) < 4.78 is 85.3. The highest BCUT2D eigenvalue weighted by molar-refractivity contribution is 7.88. The molecule has 0 amide bonds. The average molecular weight is 384 g/mol. The van der Waals surface area contributed by atoms with Crippen molar-refractivity contribution < 1.29 is 49.5 Å². The van der Waals surface area contributed by atoms with Gasteiger partial charge in [-0.2, -0.15) is 21.6 Å². The summed E-state index contributed by atoms with van der Waals surface area (Å²) in [5, 5.41) is 0. The molecular formula is C13H11F3O8S. The van der Waals surface area contributed by atoms with Crippen LogP contribution in [0, 0.1) is 0 Å². The van der Waals surface area contributed by atoms with Crippen molar-refractivity contribution in [2.24, 2.45) is 0 Å². The normalized spacial score (nSPS) is 21.9. The molecular weight excluding hydrogens is 373 g/mol. The topological polar surface area (TPSA) is 97.4 Å². The zero-order valence-electron chi connectivity index (χ0n) is 12.5. The van der Waals surface area contributed by atoms with Crippen molar-refractivity contribution in [2.75, 3.05) is 13.7 Å². The van der Waals surface area contributed by atoms with E-state index in [0.717, 1.165) is 13.2 Å². The number of hydrogen-bond acceptors (Lipinski definition) is 8. The Morgan fingerprint density at radius 2 is 2.04 bits per heavy atom. The van der Waals surface area contributed by atoms with Crippen molar-refractivity contribution in [1.29, 1.82) is 0 Å². The van der Waals surface area contributed by atoms with Crippen LogP contribution >= 0.6 is 0 Å². The molecule has 0 radical (unpaired) electrons. The zero-order valence-corrected chi connectivity index (χ0v) is 13.3. The summed E-state index contributed by atoms with van der Waals surface area (Å²) in [6.45, 7) is 0.254. The summed E-state index contributed by atoms with van der Waals surface area (Å²) in [4.78, 5) is 10.8.